The molecule has 0 radical (unpaired) electrons. The fourth-order valence-corrected chi connectivity index (χ4v) is 5.69. The number of sulfonamides is 1. The number of benzene rings is 2. The number of nitrogens with zero attached hydrogens (tertiary/aromatic N) is 2. The van der Waals surface area contributed by atoms with E-state index in [9.17, 15) is 22.3 Å². The number of aliphatic hydroxyl groups excluding tert-OH is 1. The lowest BCUT2D eigenvalue weighted by Gasteiger charge is -2.38. The molecular weight excluding hydrogens is 434 g/mol. The van der Waals surface area contributed by atoms with Crippen LogP contribution in [-0.2, 0) is 16.6 Å². The Balaban J connectivity index is 2.07. The molecule has 30 heavy (non-hydrogen) atoms. The summed E-state index contributed by atoms with van der Waals surface area (Å²) in [5.41, 5.74) is -0.624. The second-order valence-corrected chi connectivity index (χ2v) is 9.66. The molecular formula is C21H21ClF2N2O3S. The molecule has 0 heterocycles. The number of aliphatic hydroxyl groups is 1. The number of rotatable bonds is 6. The largest absolute Gasteiger partial charge is 0.396 e. The fraction of sp³-hybridized carbons (Fsp3) is 0.381. The van der Waals surface area contributed by atoms with Gasteiger partial charge < -0.3 is 5.11 Å². The van der Waals surface area contributed by atoms with Crippen molar-refractivity contribution in [1.29, 1.82) is 5.26 Å². The quantitative estimate of drug-likeness (QED) is 0.708. The summed E-state index contributed by atoms with van der Waals surface area (Å²) in [5, 5.41) is 19.1. The zero-order valence-corrected chi connectivity index (χ0v) is 17.6. The second-order valence-electron chi connectivity index (χ2n) is 7.33. The Morgan fingerprint density at radius 3 is 2.43 bits per heavy atom. The van der Waals surface area contributed by atoms with Gasteiger partial charge in [0.25, 0.3) is 0 Å². The van der Waals surface area contributed by atoms with Gasteiger partial charge in [-0.1, -0.05) is 24.4 Å². The van der Waals surface area contributed by atoms with Crippen molar-refractivity contribution in [3.05, 3.63) is 64.2 Å². The third kappa shape index (κ3) is 4.65. The van der Waals surface area contributed by atoms with E-state index in [2.05, 4.69) is 0 Å². The van der Waals surface area contributed by atoms with Gasteiger partial charge >= 0.3 is 0 Å². The van der Waals surface area contributed by atoms with Crippen LogP contribution in [0.1, 0.15) is 36.8 Å². The molecule has 0 bridgehead atoms. The zero-order chi connectivity index (χ0) is 21.9. The molecule has 0 amide bonds. The molecule has 0 spiro atoms. The van der Waals surface area contributed by atoms with Crippen molar-refractivity contribution in [1.82, 2.24) is 4.31 Å². The van der Waals surface area contributed by atoms with Gasteiger partial charge in [-0.05, 0) is 55.2 Å². The Hall–Kier alpha value is -2.05. The Kier molecular flexibility index (Phi) is 7.09. The molecule has 3 rings (SSSR count). The van der Waals surface area contributed by atoms with E-state index in [1.54, 1.807) is 6.07 Å². The van der Waals surface area contributed by atoms with Crippen LogP contribution in [0.5, 0.6) is 0 Å². The summed E-state index contributed by atoms with van der Waals surface area (Å²) in [6, 6.07) is 8.22. The fourth-order valence-electron chi connectivity index (χ4n) is 3.87. The Bertz CT molecular complexity index is 1060. The molecule has 9 heteroatoms. The second kappa shape index (κ2) is 9.40. The summed E-state index contributed by atoms with van der Waals surface area (Å²) in [6.07, 6.45) is 2.75. The minimum Gasteiger partial charge on any atom is -0.396 e. The molecule has 2 aromatic rings. The third-order valence-corrected chi connectivity index (χ3v) is 7.61. The van der Waals surface area contributed by atoms with Crippen LogP contribution in [0.15, 0.2) is 41.3 Å². The first-order chi connectivity index (χ1) is 14.3. The summed E-state index contributed by atoms with van der Waals surface area (Å²) in [7, 11) is -4.09. The molecule has 1 aliphatic carbocycles. The molecule has 1 N–H and O–H groups in total. The number of hydrogen-bond donors (Lipinski definition) is 1. The van der Waals surface area contributed by atoms with Gasteiger partial charge in [-0.3, -0.25) is 0 Å². The van der Waals surface area contributed by atoms with Gasteiger partial charge in [0.05, 0.1) is 10.5 Å². The Labute approximate surface area is 179 Å². The van der Waals surface area contributed by atoms with Crippen LogP contribution in [0.4, 0.5) is 8.78 Å². The van der Waals surface area contributed by atoms with Gasteiger partial charge in [0, 0.05) is 29.8 Å². The smallest absolute Gasteiger partial charge is 0.243 e. The van der Waals surface area contributed by atoms with Crippen molar-refractivity contribution in [2.75, 3.05) is 6.61 Å². The summed E-state index contributed by atoms with van der Waals surface area (Å²) in [6.45, 7) is -0.623. The first-order valence-electron chi connectivity index (χ1n) is 9.54. The van der Waals surface area contributed by atoms with Crippen LogP contribution in [0.2, 0.25) is 5.02 Å². The first-order valence-corrected chi connectivity index (χ1v) is 11.4. The predicted octanol–water partition coefficient (Wildman–Crippen LogP) is 4.23. The number of hydrogen-bond acceptors (Lipinski definition) is 4. The van der Waals surface area contributed by atoms with Crippen LogP contribution in [0, 0.1) is 28.9 Å². The van der Waals surface area contributed by atoms with E-state index in [4.69, 9.17) is 16.9 Å². The minimum atomic E-state index is -4.09. The van der Waals surface area contributed by atoms with Gasteiger partial charge in [0.15, 0.2) is 0 Å². The first kappa shape index (κ1) is 22.6. The normalized spacial score (nSPS) is 19.6. The summed E-state index contributed by atoms with van der Waals surface area (Å²) >= 11 is 5.87. The van der Waals surface area contributed by atoms with Crippen LogP contribution in [0.3, 0.4) is 0 Å². The van der Waals surface area contributed by atoms with Crippen LogP contribution >= 0.6 is 11.6 Å². The highest BCUT2D eigenvalue weighted by Gasteiger charge is 2.38. The van der Waals surface area contributed by atoms with E-state index in [1.165, 1.54) is 24.3 Å². The van der Waals surface area contributed by atoms with Crippen LogP contribution < -0.4 is 0 Å². The van der Waals surface area contributed by atoms with Crippen molar-refractivity contribution in [3.63, 3.8) is 0 Å². The summed E-state index contributed by atoms with van der Waals surface area (Å²) in [4.78, 5) is -0.0244. The summed E-state index contributed by atoms with van der Waals surface area (Å²) < 4.78 is 56.7. The van der Waals surface area contributed by atoms with Crippen LogP contribution in [0.25, 0.3) is 0 Å². The Morgan fingerprint density at radius 2 is 1.80 bits per heavy atom. The van der Waals surface area contributed by atoms with E-state index in [1.807, 2.05) is 0 Å². The third-order valence-electron chi connectivity index (χ3n) is 5.48. The highest BCUT2D eigenvalue weighted by atomic mass is 35.5. The molecule has 2 aromatic carbocycles. The molecule has 5 nitrogen and oxygen atoms in total. The molecule has 1 fully saturated rings. The monoisotopic (exact) mass is 454 g/mol. The van der Waals surface area contributed by atoms with E-state index in [-0.39, 0.29) is 23.0 Å². The van der Waals surface area contributed by atoms with E-state index >= 15 is 0 Å². The molecule has 2 atom stereocenters. The topological polar surface area (TPSA) is 81.4 Å². The average molecular weight is 455 g/mol. The van der Waals surface area contributed by atoms with Crippen molar-refractivity contribution in [3.8, 4) is 6.07 Å². The molecule has 0 aliphatic heterocycles. The molecule has 1 saturated carbocycles. The van der Waals surface area contributed by atoms with Gasteiger partial charge in [-0.15, -0.1) is 0 Å². The van der Waals surface area contributed by atoms with Gasteiger partial charge in [0.2, 0.25) is 10.0 Å². The van der Waals surface area contributed by atoms with Crippen LogP contribution in [-0.4, -0.2) is 30.5 Å². The molecule has 160 valence electrons. The highest BCUT2D eigenvalue weighted by molar-refractivity contribution is 7.89. The average Bonchev–Trinajstić information content (AvgIpc) is 2.74. The van der Waals surface area contributed by atoms with Crippen molar-refractivity contribution in [2.24, 2.45) is 5.92 Å². The molecule has 1 aliphatic rings. The zero-order valence-electron chi connectivity index (χ0n) is 16.1. The lowest BCUT2D eigenvalue weighted by Crippen LogP contribution is -2.46. The SMILES string of the molecule is N#Cc1cc(F)c(CN(C2CCCCC2CO)S(=O)(=O)c2ccc(Cl)cc2)cc1F. The standard InChI is InChI=1S/C21H21ClF2N2O3S/c22-17-5-7-18(8-6-17)30(28,29)26(21-4-2-1-3-14(21)13-27)12-16-10-19(23)15(11-25)9-20(16)24/h5-10,14,21,27H,1-4,12-13H2. The lowest BCUT2D eigenvalue weighted by molar-refractivity contribution is 0.109. The summed E-state index contributed by atoms with van der Waals surface area (Å²) in [5.74, 6) is -2.09. The molecule has 0 saturated heterocycles. The van der Waals surface area contributed by atoms with Crippen molar-refractivity contribution >= 4 is 21.6 Å². The molecule has 2 unspecified atom stereocenters. The lowest BCUT2D eigenvalue weighted by atomic mass is 9.85. The molecule has 0 aromatic heterocycles. The number of halogens is 3. The predicted molar refractivity (Wildman–Crippen MR) is 108 cm³/mol. The maximum atomic E-state index is 14.6. The van der Waals surface area contributed by atoms with Gasteiger partial charge in [-0.2, -0.15) is 9.57 Å². The van der Waals surface area contributed by atoms with E-state index in [0.717, 1.165) is 29.3 Å². The maximum Gasteiger partial charge on any atom is 0.243 e. The van der Waals surface area contributed by atoms with E-state index < -0.39 is 39.8 Å². The maximum absolute atomic E-state index is 14.6. The Morgan fingerprint density at radius 1 is 1.13 bits per heavy atom. The van der Waals surface area contributed by atoms with Crippen molar-refractivity contribution in [2.45, 2.75) is 43.2 Å². The van der Waals surface area contributed by atoms with E-state index in [0.29, 0.717) is 17.9 Å². The highest BCUT2D eigenvalue weighted by Crippen LogP contribution is 2.34. The number of nitriles is 1. The van der Waals surface area contributed by atoms with Gasteiger partial charge in [0.1, 0.15) is 17.7 Å². The minimum absolute atomic E-state index is 0.0244. The van der Waals surface area contributed by atoms with Crippen molar-refractivity contribution < 1.29 is 22.3 Å². The van der Waals surface area contributed by atoms with Gasteiger partial charge in [-0.25, -0.2) is 17.2 Å².